The fourth-order valence-corrected chi connectivity index (χ4v) is 1.31. The van der Waals surface area contributed by atoms with Gasteiger partial charge in [0.2, 0.25) is 0 Å². The van der Waals surface area contributed by atoms with Gasteiger partial charge in [0.15, 0.2) is 0 Å². The predicted molar refractivity (Wildman–Crippen MR) is 51.7 cm³/mol. The van der Waals surface area contributed by atoms with Crippen LogP contribution < -0.4 is 0 Å². The summed E-state index contributed by atoms with van der Waals surface area (Å²) in [6, 6.07) is 0. The van der Waals surface area contributed by atoms with Gasteiger partial charge in [-0.05, 0) is 26.8 Å². The molecule has 4 nitrogen and oxygen atoms in total. The first-order chi connectivity index (χ1) is 6.07. The van der Waals surface area contributed by atoms with Crippen molar-refractivity contribution in [2.75, 3.05) is 6.61 Å². The van der Waals surface area contributed by atoms with Crippen LogP contribution in [0.2, 0.25) is 0 Å². The van der Waals surface area contributed by atoms with E-state index in [-0.39, 0.29) is 0 Å². The van der Waals surface area contributed by atoms with Crippen molar-refractivity contribution in [3.05, 3.63) is 11.6 Å². The molecule has 1 unspecified atom stereocenters. The van der Waals surface area contributed by atoms with Crippen LogP contribution in [-0.4, -0.2) is 33.8 Å². The molecule has 0 heterocycles. The third kappa shape index (κ3) is 6.50. The quantitative estimate of drug-likeness (QED) is 0.386. The van der Waals surface area contributed by atoms with Gasteiger partial charge >= 0.3 is 16.0 Å². The lowest BCUT2D eigenvalue weighted by Crippen LogP contribution is -2.13. The average molecular weight is 204 g/mol. The van der Waals surface area contributed by atoms with Crippen LogP contribution in [0, 0.1) is 0 Å². The molecule has 1 atom stereocenters. The van der Waals surface area contributed by atoms with Crippen LogP contribution in [0.5, 0.6) is 0 Å². The van der Waals surface area contributed by atoms with Crippen molar-refractivity contribution in [3.8, 4) is 0 Å². The summed E-state index contributed by atoms with van der Waals surface area (Å²) in [5.41, 5.74) is 0.419. The molecule has 0 amide bonds. The standard InChI is InChI=1S/C8H16O4Si/c1-4-11-13-12-8(10)6(2)5-7(3)9/h5,7,9H,4,13H2,1-3H3. The molecule has 0 aromatic rings. The van der Waals surface area contributed by atoms with E-state index in [1.165, 1.54) is 6.08 Å². The Balaban J connectivity index is 3.83. The highest BCUT2D eigenvalue weighted by atomic mass is 28.3. The third-order valence-corrected chi connectivity index (χ3v) is 2.25. The number of carbonyl (C=O) groups is 1. The smallest absolute Gasteiger partial charge is 0.369 e. The first-order valence-electron chi connectivity index (χ1n) is 4.19. The summed E-state index contributed by atoms with van der Waals surface area (Å²) in [6.07, 6.45) is 0.823. The second kappa shape index (κ2) is 6.82. The van der Waals surface area contributed by atoms with Crippen LogP contribution in [-0.2, 0) is 13.6 Å². The maximum atomic E-state index is 11.1. The number of aliphatic hydroxyl groups is 1. The molecule has 0 rings (SSSR count). The Morgan fingerprint density at radius 1 is 1.69 bits per heavy atom. The molecule has 0 aromatic heterocycles. The van der Waals surface area contributed by atoms with Gasteiger partial charge in [-0.15, -0.1) is 0 Å². The van der Waals surface area contributed by atoms with Gasteiger partial charge in [-0.1, -0.05) is 0 Å². The Bertz CT molecular complexity index is 189. The molecule has 0 aliphatic rings. The van der Waals surface area contributed by atoms with Crippen molar-refractivity contribution in [1.29, 1.82) is 0 Å². The second-order valence-corrected chi connectivity index (χ2v) is 3.57. The van der Waals surface area contributed by atoms with Gasteiger partial charge in [-0.25, -0.2) is 4.79 Å². The zero-order valence-corrected chi connectivity index (χ0v) is 9.66. The third-order valence-electron chi connectivity index (χ3n) is 1.29. The topological polar surface area (TPSA) is 55.8 Å². The molecule has 0 fully saturated rings. The summed E-state index contributed by atoms with van der Waals surface area (Å²) in [5, 5.41) is 8.94. The highest BCUT2D eigenvalue weighted by Crippen LogP contribution is 1.98. The van der Waals surface area contributed by atoms with E-state index in [0.717, 1.165) is 0 Å². The highest BCUT2D eigenvalue weighted by Gasteiger charge is 2.05. The molecule has 0 saturated carbocycles. The molecule has 0 aliphatic heterocycles. The summed E-state index contributed by atoms with van der Waals surface area (Å²) >= 11 is 0. The minimum Gasteiger partial charge on any atom is -0.496 e. The Kier molecular flexibility index (Phi) is 6.48. The van der Waals surface area contributed by atoms with Gasteiger partial charge in [-0.3, -0.25) is 0 Å². The fraction of sp³-hybridized carbons (Fsp3) is 0.625. The molecule has 13 heavy (non-hydrogen) atoms. The van der Waals surface area contributed by atoms with E-state index >= 15 is 0 Å². The minimum atomic E-state index is -1.18. The lowest BCUT2D eigenvalue weighted by Gasteiger charge is -2.05. The minimum absolute atomic E-state index is 0.402. The van der Waals surface area contributed by atoms with Gasteiger partial charge in [0, 0.05) is 12.2 Å². The molecule has 1 N–H and O–H groups in total. The molecule has 5 heteroatoms. The van der Waals surface area contributed by atoms with Crippen LogP contribution in [0.4, 0.5) is 0 Å². The second-order valence-electron chi connectivity index (χ2n) is 2.63. The van der Waals surface area contributed by atoms with Crippen molar-refractivity contribution in [1.82, 2.24) is 0 Å². The summed E-state index contributed by atoms with van der Waals surface area (Å²) in [7, 11) is -1.18. The monoisotopic (exact) mass is 204 g/mol. The number of hydrogen-bond acceptors (Lipinski definition) is 4. The molecule has 0 aromatic carbocycles. The highest BCUT2D eigenvalue weighted by molar-refractivity contribution is 6.23. The van der Waals surface area contributed by atoms with Crippen molar-refractivity contribution in [2.24, 2.45) is 0 Å². The van der Waals surface area contributed by atoms with Crippen LogP contribution in [0.25, 0.3) is 0 Å². The summed E-state index contributed by atoms with van der Waals surface area (Å²) < 4.78 is 9.81. The molecule has 0 aliphatic carbocycles. The Labute approximate surface area is 80.6 Å². The first kappa shape index (κ1) is 12.3. The fourth-order valence-electron chi connectivity index (χ4n) is 0.722. The van der Waals surface area contributed by atoms with Gasteiger partial charge in [0.1, 0.15) is 0 Å². The van der Waals surface area contributed by atoms with Gasteiger partial charge in [0.25, 0.3) is 0 Å². The zero-order chi connectivity index (χ0) is 10.3. The SMILES string of the molecule is CCO[SiH2]OC(=O)C(C)=CC(C)O. The van der Waals surface area contributed by atoms with Crippen molar-refractivity contribution >= 4 is 16.0 Å². The summed E-state index contributed by atoms with van der Waals surface area (Å²) in [5.74, 6) is -0.402. The van der Waals surface area contributed by atoms with E-state index in [4.69, 9.17) is 14.0 Å². The average Bonchev–Trinajstić information content (AvgIpc) is 2.03. The maximum Gasteiger partial charge on any atom is 0.369 e. The van der Waals surface area contributed by atoms with Crippen LogP contribution in [0.15, 0.2) is 11.6 Å². The molecule has 0 bridgehead atoms. The molecular weight excluding hydrogens is 188 g/mol. The number of aliphatic hydroxyl groups excluding tert-OH is 1. The summed E-state index contributed by atoms with van der Waals surface area (Å²) in [4.78, 5) is 11.1. The number of rotatable bonds is 5. The van der Waals surface area contributed by atoms with Crippen molar-refractivity contribution in [2.45, 2.75) is 26.9 Å². The van der Waals surface area contributed by atoms with E-state index in [0.29, 0.717) is 12.2 Å². The van der Waals surface area contributed by atoms with Gasteiger partial charge in [-0.2, -0.15) is 0 Å². The van der Waals surface area contributed by atoms with Crippen LogP contribution in [0.3, 0.4) is 0 Å². The van der Waals surface area contributed by atoms with Crippen molar-refractivity contribution < 1.29 is 18.8 Å². The zero-order valence-electron chi connectivity index (χ0n) is 8.24. The van der Waals surface area contributed by atoms with Crippen molar-refractivity contribution in [3.63, 3.8) is 0 Å². The van der Waals surface area contributed by atoms with Gasteiger partial charge in [0.05, 0.1) is 6.10 Å². The molecule has 76 valence electrons. The lowest BCUT2D eigenvalue weighted by molar-refractivity contribution is -0.131. The number of carbonyl (C=O) groups excluding carboxylic acids is 1. The Morgan fingerprint density at radius 3 is 2.77 bits per heavy atom. The Hall–Kier alpha value is -0.653. The van der Waals surface area contributed by atoms with E-state index in [2.05, 4.69) is 0 Å². The normalized spacial score (nSPS) is 14.9. The van der Waals surface area contributed by atoms with Gasteiger partial charge < -0.3 is 14.0 Å². The van der Waals surface area contributed by atoms with E-state index in [1.807, 2.05) is 6.92 Å². The summed E-state index contributed by atoms with van der Waals surface area (Å²) in [6.45, 7) is 5.60. The van der Waals surface area contributed by atoms with Crippen LogP contribution in [0.1, 0.15) is 20.8 Å². The molecular formula is C8H16O4Si. The van der Waals surface area contributed by atoms with E-state index < -0.39 is 22.1 Å². The van der Waals surface area contributed by atoms with E-state index in [9.17, 15) is 4.79 Å². The van der Waals surface area contributed by atoms with E-state index in [1.54, 1.807) is 13.8 Å². The largest absolute Gasteiger partial charge is 0.496 e. The van der Waals surface area contributed by atoms with Crippen LogP contribution >= 0.6 is 0 Å². The maximum absolute atomic E-state index is 11.1. The number of hydrogen-bond donors (Lipinski definition) is 1. The molecule has 0 radical (unpaired) electrons. The molecule has 0 spiro atoms. The Morgan fingerprint density at radius 2 is 2.31 bits per heavy atom. The molecule has 0 saturated heterocycles. The first-order valence-corrected chi connectivity index (χ1v) is 5.34. The predicted octanol–water partition coefficient (Wildman–Crippen LogP) is -0.108. The lowest BCUT2D eigenvalue weighted by atomic mass is 10.2.